The fourth-order valence-electron chi connectivity index (χ4n) is 6.16. The van der Waals surface area contributed by atoms with Crippen molar-refractivity contribution in [3.8, 4) is 22.3 Å². The van der Waals surface area contributed by atoms with Crippen LogP contribution in [0.5, 0.6) is 0 Å². The Morgan fingerprint density at radius 1 is 0.696 bits per heavy atom. The van der Waals surface area contributed by atoms with E-state index in [4.69, 9.17) is 21.9 Å². The van der Waals surface area contributed by atoms with Gasteiger partial charge in [-0.05, 0) is 83.3 Å². The Labute approximate surface area is 322 Å². The van der Waals surface area contributed by atoms with Crippen molar-refractivity contribution in [1.82, 2.24) is 25.5 Å². The summed E-state index contributed by atoms with van der Waals surface area (Å²) >= 11 is 0. The predicted octanol–water partition coefficient (Wildman–Crippen LogP) is 5.30. The highest BCUT2D eigenvalue weighted by molar-refractivity contribution is 6.11. The average molecular weight is 761 g/mol. The Hall–Kier alpha value is -6.51. The van der Waals surface area contributed by atoms with E-state index in [2.05, 4.69) is 20.6 Å². The third kappa shape index (κ3) is 9.40. The topological polar surface area (TPSA) is 192 Å². The molecule has 7 rings (SSSR count). The van der Waals surface area contributed by atoms with Crippen molar-refractivity contribution < 1.29 is 27.9 Å². The number of morpholine rings is 1. The minimum atomic E-state index is -0.517. The Balaban J connectivity index is 0.000000192. The lowest BCUT2D eigenvalue weighted by Gasteiger charge is -2.26. The number of carbonyl (C=O) groups excluding carboxylic acids is 3. The number of carbonyl (C=O) groups is 3. The summed E-state index contributed by atoms with van der Waals surface area (Å²) in [6.45, 7) is 5.93. The zero-order valence-electron chi connectivity index (χ0n) is 30.9. The van der Waals surface area contributed by atoms with Gasteiger partial charge in [-0.3, -0.25) is 14.4 Å². The fraction of sp³-hybridized carbons (Fsp3) is 0.214. The molecule has 0 aliphatic carbocycles. The second-order valence-electron chi connectivity index (χ2n) is 14.0. The van der Waals surface area contributed by atoms with Crippen molar-refractivity contribution in [3.05, 3.63) is 120 Å². The Kier molecular flexibility index (Phi) is 11.8. The first-order chi connectivity index (χ1) is 26.8. The zero-order valence-corrected chi connectivity index (χ0v) is 30.9. The molecule has 1 fully saturated rings. The largest absolute Gasteiger partial charge is 0.383 e. The molecule has 0 atom stereocenters. The third-order valence-corrected chi connectivity index (χ3v) is 9.11. The van der Waals surface area contributed by atoms with Crippen molar-refractivity contribution in [1.29, 1.82) is 0 Å². The van der Waals surface area contributed by atoms with Crippen LogP contribution in [0.25, 0.3) is 43.8 Å². The number of amides is 3. The van der Waals surface area contributed by atoms with Gasteiger partial charge in [0.15, 0.2) is 0 Å². The standard InChI is InChI=1S/C22H21FN4O3.C20H21FN4O/c23-16-3-1-2-14(10-16)15-4-5-17-18(11-15)21(24)25-12-19(17)22(29)26-13-20(28)27-6-8-30-9-7-27;1-20(2,23)11-25-19(26)17-10-24-18(22)16-9-13(6-7-15(16)17)12-4-3-5-14(21)8-12/h1-5,10-12H,6-9,13H2,(H2,24,25)(H,26,29);3-10H,11,23H2,1-2H3,(H2,22,24)(H,25,26). The number of aromatic nitrogens is 2. The van der Waals surface area contributed by atoms with Crippen LogP contribution in [-0.4, -0.2) is 77.5 Å². The van der Waals surface area contributed by atoms with E-state index in [1.165, 1.54) is 36.7 Å². The number of anilines is 2. The molecule has 3 heterocycles. The normalized spacial score (nSPS) is 12.8. The van der Waals surface area contributed by atoms with E-state index in [0.29, 0.717) is 76.9 Å². The molecule has 0 spiro atoms. The Morgan fingerprint density at radius 3 is 1.62 bits per heavy atom. The van der Waals surface area contributed by atoms with Crippen LogP contribution in [0.3, 0.4) is 0 Å². The molecular formula is C42H42F2N8O4. The monoisotopic (exact) mass is 760 g/mol. The van der Waals surface area contributed by atoms with Crippen molar-refractivity contribution in [3.63, 3.8) is 0 Å². The first-order valence-electron chi connectivity index (χ1n) is 17.9. The maximum atomic E-state index is 13.6. The van der Waals surface area contributed by atoms with Gasteiger partial charge in [-0.25, -0.2) is 18.7 Å². The first kappa shape index (κ1) is 39.2. The lowest BCUT2D eigenvalue weighted by molar-refractivity contribution is -0.134. The average Bonchev–Trinajstić information content (AvgIpc) is 3.19. The summed E-state index contributed by atoms with van der Waals surface area (Å²) in [6, 6.07) is 23.3. The molecule has 4 aromatic carbocycles. The molecule has 0 unspecified atom stereocenters. The highest BCUT2D eigenvalue weighted by Crippen LogP contribution is 2.31. The van der Waals surface area contributed by atoms with Gasteiger partial charge >= 0.3 is 0 Å². The first-order valence-corrected chi connectivity index (χ1v) is 17.9. The molecule has 0 saturated carbocycles. The maximum Gasteiger partial charge on any atom is 0.253 e. The molecule has 56 heavy (non-hydrogen) atoms. The number of nitrogen functional groups attached to an aromatic ring is 2. The number of nitrogens with one attached hydrogen (secondary N) is 2. The number of nitrogens with zero attached hydrogens (tertiary/aromatic N) is 3. The van der Waals surface area contributed by atoms with E-state index in [9.17, 15) is 23.2 Å². The van der Waals surface area contributed by atoms with E-state index < -0.39 is 11.4 Å². The predicted molar refractivity (Wildman–Crippen MR) is 213 cm³/mol. The molecule has 0 bridgehead atoms. The number of hydrogen-bond acceptors (Lipinski definition) is 9. The Bertz CT molecular complexity index is 2430. The summed E-state index contributed by atoms with van der Waals surface area (Å²) in [7, 11) is 0. The number of hydrogen-bond donors (Lipinski definition) is 5. The summed E-state index contributed by atoms with van der Waals surface area (Å²) < 4.78 is 32.3. The van der Waals surface area contributed by atoms with Crippen LogP contribution in [0.1, 0.15) is 34.6 Å². The number of fused-ring (bicyclic) bond motifs is 2. The molecule has 3 amide bonds. The second-order valence-corrected chi connectivity index (χ2v) is 14.0. The minimum Gasteiger partial charge on any atom is -0.383 e. The fourth-order valence-corrected chi connectivity index (χ4v) is 6.16. The van der Waals surface area contributed by atoms with Crippen LogP contribution in [0.4, 0.5) is 20.4 Å². The number of ether oxygens (including phenoxy) is 1. The molecule has 1 saturated heterocycles. The van der Waals surface area contributed by atoms with Crippen molar-refractivity contribution >= 4 is 50.9 Å². The van der Waals surface area contributed by atoms with Crippen LogP contribution >= 0.6 is 0 Å². The van der Waals surface area contributed by atoms with Gasteiger partial charge in [0.05, 0.1) is 30.9 Å². The molecule has 0 radical (unpaired) electrons. The number of nitrogens with two attached hydrogens (primary N) is 3. The quantitative estimate of drug-likeness (QED) is 0.137. The van der Waals surface area contributed by atoms with Gasteiger partial charge in [-0.2, -0.15) is 0 Å². The van der Waals surface area contributed by atoms with Crippen LogP contribution in [-0.2, 0) is 9.53 Å². The lowest BCUT2D eigenvalue weighted by Crippen LogP contribution is -2.45. The highest BCUT2D eigenvalue weighted by atomic mass is 19.1. The summed E-state index contributed by atoms with van der Waals surface area (Å²) in [5.41, 5.74) is 21.2. The smallest absolute Gasteiger partial charge is 0.253 e. The summed E-state index contributed by atoms with van der Waals surface area (Å²) in [5, 5.41) is 8.00. The van der Waals surface area contributed by atoms with Gasteiger partial charge < -0.3 is 37.5 Å². The summed E-state index contributed by atoms with van der Waals surface area (Å²) in [4.78, 5) is 47.4. The van der Waals surface area contributed by atoms with Gasteiger partial charge in [0.2, 0.25) is 5.91 Å². The van der Waals surface area contributed by atoms with E-state index in [1.54, 1.807) is 47.4 Å². The number of rotatable bonds is 8. The van der Waals surface area contributed by atoms with Crippen molar-refractivity contribution in [2.75, 3.05) is 50.9 Å². The summed E-state index contributed by atoms with van der Waals surface area (Å²) in [6.07, 6.45) is 2.85. The van der Waals surface area contributed by atoms with Gasteiger partial charge in [0.1, 0.15) is 23.3 Å². The third-order valence-electron chi connectivity index (χ3n) is 9.11. The number of halogens is 2. The van der Waals surface area contributed by atoms with Gasteiger partial charge in [-0.15, -0.1) is 0 Å². The van der Waals surface area contributed by atoms with E-state index in [0.717, 1.165) is 16.7 Å². The summed E-state index contributed by atoms with van der Waals surface area (Å²) in [5.74, 6) is -0.902. The highest BCUT2D eigenvalue weighted by Gasteiger charge is 2.20. The molecule has 8 N–H and O–H groups in total. The van der Waals surface area contributed by atoms with Gasteiger partial charge in [-0.1, -0.05) is 48.5 Å². The van der Waals surface area contributed by atoms with Crippen molar-refractivity contribution in [2.45, 2.75) is 19.4 Å². The van der Waals surface area contributed by atoms with Crippen LogP contribution < -0.4 is 27.8 Å². The van der Waals surface area contributed by atoms with E-state index >= 15 is 0 Å². The van der Waals surface area contributed by atoms with Crippen LogP contribution in [0.2, 0.25) is 0 Å². The molecule has 1 aliphatic heterocycles. The molecule has 2 aromatic heterocycles. The minimum absolute atomic E-state index is 0.105. The molecule has 1 aliphatic rings. The van der Waals surface area contributed by atoms with Crippen LogP contribution in [0, 0.1) is 11.6 Å². The van der Waals surface area contributed by atoms with Gasteiger partial charge in [0, 0.05) is 48.3 Å². The van der Waals surface area contributed by atoms with Crippen molar-refractivity contribution in [2.24, 2.45) is 5.73 Å². The van der Waals surface area contributed by atoms with E-state index in [-0.39, 0.29) is 35.8 Å². The SMILES string of the molecule is CC(C)(N)CNC(=O)c1cnc(N)c2cc(-c3cccc(F)c3)ccc12.Nc1ncc(C(=O)NCC(=O)N2CCOCC2)c2ccc(-c3cccc(F)c3)cc12. The molecular weight excluding hydrogens is 719 g/mol. The molecule has 288 valence electrons. The second kappa shape index (κ2) is 16.9. The molecule has 12 nitrogen and oxygen atoms in total. The lowest BCUT2D eigenvalue weighted by atomic mass is 9.99. The molecule has 14 heteroatoms. The Morgan fingerprint density at radius 2 is 1.16 bits per heavy atom. The van der Waals surface area contributed by atoms with Crippen LogP contribution in [0.15, 0.2) is 97.3 Å². The zero-order chi connectivity index (χ0) is 40.0. The maximum absolute atomic E-state index is 13.6. The molecule has 6 aromatic rings. The van der Waals surface area contributed by atoms with Gasteiger partial charge in [0.25, 0.3) is 11.8 Å². The number of pyridine rings is 2. The van der Waals surface area contributed by atoms with E-state index in [1.807, 2.05) is 32.0 Å². The number of benzene rings is 4.